The van der Waals surface area contributed by atoms with Crippen molar-refractivity contribution < 1.29 is 19.4 Å². The predicted octanol–water partition coefficient (Wildman–Crippen LogP) is 2.51. The summed E-state index contributed by atoms with van der Waals surface area (Å²) in [6.45, 7) is 0. The number of esters is 1. The fraction of sp³-hybridized carbons (Fsp3) is 0.389. The van der Waals surface area contributed by atoms with Crippen molar-refractivity contribution in [2.45, 2.75) is 31.8 Å². The van der Waals surface area contributed by atoms with Crippen LogP contribution in [0.1, 0.15) is 36.0 Å². The lowest BCUT2D eigenvalue weighted by Crippen LogP contribution is -2.29. The molecular weight excluding hydrogens is 308 g/mol. The number of aliphatic hydroxyl groups excluding tert-OH is 1. The number of hydrogen-bond donors (Lipinski definition) is 2. The van der Waals surface area contributed by atoms with Gasteiger partial charge in [0, 0.05) is 17.5 Å². The number of pyridine rings is 1. The zero-order valence-corrected chi connectivity index (χ0v) is 13.5. The van der Waals surface area contributed by atoms with Gasteiger partial charge in [0.15, 0.2) is 0 Å². The Morgan fingerprint density at radius 1 is 1.21 bits per heavy atom. The topological polar surface area (TPSA) is 88.5 Å². The van der Waals surface area contributed by atoms with Crippen LogP contribution in [0.4, 0.5) is 5.82 Å². The number of aliphatic hydroxyl groups is 1. The molecule has 1 amide bonds. The lowest BCUT2D eigenvalue weighted by atomic mass is 9.87. The summed E-state index contributed by atoms with van der Waals surface area (Å²) in [6.07, 6.45) is 3.99. The number of carbonyl (C=O) groups is 2. The monoisotopic (exact) mass is 328 g/mol. The minimum absolute atomic E-state index is 0.0704. The van der Waals surface area contributed by atoms with Crippen LogP contribution >= 0.6 is 0 Å². The number of nitrogens with zero attached hydrogens (tertiary/aromatic N) is 1. The third kappa shape index (κ3) is 3.38. The molecule has 1 fully saturated rings. The first-order valence-electron chi connectivity index (χ1n) is 8.04. The van der Waals surface area contributed by atoms with Gasteiger partial charge in [-0.25, -0.2) is 9.78 Å². The molecule has 6 nitrogen and oxygen atoms in total. The first-order chi connectivity index (χ1) is 11.6. The van der Waals surface area contributed by atoms with E-state index in [0.29, 0.717) is 37.1 Å². The Bertz CT molecular complexity index is 767. The van der Waals surface area contributed by atoms with Crippen LogP contribution in [-0.2, 0) is 9.53 Å². The predicted molar refractivity (Wildman–Crippen MR) is 89.7 cm³/mol. The van der Waals surface area contributed by atoms with Gasteiger partial charge in [0.05, 0.1) is 18.8 Å². The van der Waals surface area contributed by atoms with Gasteiger partial charge in [0.25, 0.3) is 0 Å². The highest BCUT2D eigenvalue weighted by Crippen LogP contribution is 2.27. The Morgan fingerprint density at radius 2 is 1.96 bits per heavy atom. The summed E-state index contributed by atoms with van der Waals surface area (Å²) in [5.74, 6) is -0.0844. The quantitative estimate of drug-likeness (QED) is 0.845. The molecule has 1 aromatic carbocycles. The van der Waals surface area contributed by atoms with Crippen LogP contribution in [-0.4, -0.2) is 35.2 Å². The van der Waals surface area contributed by atoms with E-state index in [-0.39, 0.29) is 17.9 Å². The Morgan fingerprint density at radius 3 is 2.67 bits per heavy atom. The van der Waals surface area contributed by atoms with Crippen LogP contribution in [0, 0.1) is 5.92 Å². The maximum absolute atomic E-state index is 12.4. The lowest BCUT2D eigenvalue weighted by Gasteiger charge is -2.24. The van der Waals surface area contributed by atoms with Crippen molar-refractivity contribution in [3.8, 4) is 0 Å². The fourth-order valence-corrected chi connectivity index (χ4v) is 3.08. The van der Waals surface area contributed by atoms with Crippen molar-refractivity contribution in [3.63, 3.8) is 0 Å². The summed E-state index contributed by atoms with van der Waals surface area (Å²) < 4.78 is 4.72. The number of aromatic nitrogens is 1. The van der Waals surface area contributed by atoms with Gasteiger partial charge in [-0.05, 0) is 55.3 Å². The molecule has 126 valence electrons. The van der Waals surface area contributed by atoms with Crippen molar-refractivity contribution in [2.75, 3.05) is 12.4 Å². The van der Waals surface area contributed by atoms with Gasteiger partial charge in [-0.15, -0.1) is 0 Å². The number of amides is 1. The molecule has 0 unspecified atom stereocenters. The highest BCUT2D eigenvalue weighted by Gasteiger charge is 2.25. The third-order valence-corrected chi connectivity index (χ3v) is 4.49. The van der Waals surface area contributed by atoms with Gasteiger partial charge in [-0.1, -0.05) is 0 Å². The van der Waals surface area contributed by atoms with Crippen LogP contribution in [0.2, 0.25) is 0 Å². The molecular formula is C18H20N2O4. The van der Waals surface area contributed by atoms with Gasteiger partial charge in [-0.3, -0.25) is 4.79 Å². The van der Waals surface area contributed by atoms with E-state index in [2.05, 4.69) is 10.3 Å². The number of fused-ring (bicyclic) bond motifs is 1. The highest BCUT2D eigenvalue weighted by atomic mass is 16.5. The molecule has 3 rings (SSSR count). The molecule has 0 saturated heterocycles. The summed E-state index contributed by atoms with van der Waals surface area (Å²) in [5, 5.41) is 14.0. The average molecular weight is 328 g/mol. The SMILES string of the molecule is COC(=O)c1ccc2c(NC(=O)[C@H]3CC[C@H](O)CC3)nccc2c1. The molecule has 1 heterocycles. The molecule has 24 heavy (non-hydrogen) atoms. The summed E-state index contributed by atoms with van der Waals surface area (Å²) in [7, 11) is 1.34. The van der Waals surface area contributed by atoms with Gasteiger partial charge in [0.2, 0.25) is 5.91 Å². The molecule has 6 heteroatoms. The van der Waals surface area contributed by atoms with Crippen molar-refractivity contribution in [2.24, 2.45) is 5.92 Å². The normalized spacial score (nSPS) is 20.6. The Labute approximate surface area is 139 Å². The molecule has 1 aromatic heterocycles. The second kappa shape index (κ2) is 6.97. The molecule has 0 radical (unpaired) electrons. The molecule has 0 bridgehead atoms. The highest BCUT2D eigenvalue weighted by molar-refractivity contribution is 6.03. The van der Waals surface area contributed by atoms with Crippen molar-refractivity contribution >= 4 is 28.5 Å². The largest absolute Gasteiger partial charge is 0.465 e. The number of anilines is 1. The molecule has 1 aliphatic carbocycles. The first-order valence-corrected chi connectivity index (χ1v) is 8.04. The minimum Gasteiger partial charge on any atom is -0.465 e. The van der Waals surface area contributed by atoms with Crippen molar-refractivity contribution in [1.82, 2.24) is 4.98 Å². The van der Waals surface area contributed by atoms with Crippen LogP contribution < -0.4 is 5.32 Å². The molecule has 0 spiro atoms. The number of benzene rings is 1. The van der Waals surface area contributed by atoms with Crippen LogP contribution in [0.5, 0.6) is 0 Å². The molecule has 0 aliphatic heterocycles. The maximum Gasteiger partial charge on any atom is 0.337 e. The summed E-state index contributed by atoms with van der Waals surface area (Å²) in [4.78, 5) is 28.3. The smallest absolute Gasteiger partial charge is 0.337 e. The molecule has 1 saturated carbocycles. The minimum atomic E-state index is -0.403. The second-order valence-electron chi connectivity index (χ2n) is 6.08. The van der Waals surface area contributed by atoms with E-state index in [1.54, 1.807) is 30.5 Å². The zero-order chi connectivity index (χ0) is 17.1. The van der Waals surface area contributed by atoms with E-state index in [1.807, 2.05) is 0 Å². The summed E-state index contributed by atoms with van der Waals surface area (Å²) in [6, 6.07) is 6.92. The van der Waals surface area contributed by atoms with E-state index in [0.717, 1.165) is 10.8 Å². The average Bonchev–Trinajstić information content (AvgIpc) is 2.61. The maximum atomic E-state index is 12.4. The Hall–Kier alpha value is -2.47. The van der Waals surface area contributed by atoms with E-state index < -0.39 is 5.97 Å². The first kappa shape index (κ1) is 16.4. The van der Waals surface area contributed by atoms with Crippen molar-refractivity contribution in [3.05, 3.63) is 36.0 Å². The number of ether oxygens (including phenoxy) is 1. The van der Waals surface area contributed by atoms with E-state index >= 15 is 0 Å². The van der Waals surface area contributed by atoms with Crippen molar-refractivity contribution in [1.29, 1.82) is 0 Å². The van der Waals surface area contributed by atoms with Crippen LogP contribution in [0.15, 0.2) is 30.5 Å². The van der Waals surface area contributed by atoms with E-state index in [1.165, 1.54) is 7.11 Å². The van der Waals surface area contributed by atoms with Gasteiger partial charge in [0.1, 0.15) is 5.82 Å². The summed E-state index contributed by atoms with van der Waals surface area (Å²) >= 11 is 0. The fourth-order valence-electron chi connectivity index (χ4n) is 3.08. The van der Waals surface area contributed by atoms with Crippen LogP contribution in [0.3, 0.4) is 0 Å². The standard InChI is InChI=1S/C18H20N2O4/c1-24-18(23)13-4-7-15-12(10-13)8-9-19-16(15)20-17(22)11-2-5-14(21)6-3-11/h4,7-11,14,21H,2-3,5-6H2,1H3,(H,19,20,22)/t11-,14-. The second-order valence-corrected chi connectivity index (χ2v) is 6.08. The molecule has 0 atom stereocenters. The molecule has 2 N–H and O–H groups in total. The van der Waals surface area contributed by atoms with Crippen LogP contribution in [0.25, 0.3) is 10.8 Å². The van der Waals surface area contributed by atoms with Gasteiger partial charge >= 0.3 is 5.97 Å². The van der Waals surface area contributed by atoms with Gasteiger partial charge in [-0.2, -0.15) is 0 Å². The molecule has 2 aromatic rings. The van der Waals surface area contributed by atoms with E-state index in [9.17, 15) is 14.7 Å². The number of methoxy groups -OCH3 is 1. The third-order valence-electron chi connectivity index (χ3n) is 4.49. The number of carbonyl (C=O) groups excluding carboxylic acids is 2. The molecule has 1 aliphatic rings. The van der Waals surface area contributed by atoms with Gasteiger partial charge < -0.3 is 15.2 Å². The zero-order valence-electron chi connectivity index (χ0n) is 13.5. The summed E-state index contributed by atoms with van der Waals surface area (Å²) in [5.41, 5.74) is 0.453. The number of nitrogens with one attached hydrogen (secondary N) is 1. The number of hydrogen-bond acceptors (Lipinski definition) is 5. The van der Waals surface area contributed by atoms with E-state index in [4.69, 9.17) is 4.74 Å². The Balaban J connectivity index is 1.82. The Kier molecular flexibility index (Phi) is 4.76. The number of rotatable bonds is 3. The lowest BCUT2D eigenvalue weighted by molar-refractivity contribution is -0.121.